The second-order valence-electron chi connectivity index (χ2n) is 13.1. The van der Waals surface area contributed by atoms with E-state index in [0.29, 0.717) is 12.8 Å². The molecule has 0 aliphatic rings. The lowest BCUT2D eigenvalue weighted by atomic mass is 10.1. The molecule has 95 heavy (non-hydrogen) atoms. The smallest absolute Gasteiger partial charge is 0.217 e. The molecule has 0 aromatic carbocycles. The SMILES string of the molecule is C.C=CCCCC(N)=O.C=CC[C@H](O)CCCCCC.CCCCCC[C@@H](O)C/C=C/CCCC(N)=O.S=S=S=S=S=S=S=S=S=S=S=S=S=S=S=S=S=S=S=S=S=S=S=S=S=S=S=S=S=S=S=S=S=S=S=S=S=S=S=S=S=S=S=S=S=S=S=S=S=S=S=S=S=S=S=S=S=S. The van der Waals surface area contributed by atoms with Gasteiger partial charge in [-0.2, -0.15) is 0 Å². The lowest BCUT2D eigenvalue weighted by Crippen LogP contribution is -2.09. The van der Waals surface area contributed by atoms with E-state index in [2.05, 4.69) is 27.0 Å². The molecular formula is C31H62N2O4S58. The van der Waals surface area contributed by atoms with E-state index in [-0.39, 0.29) is 31.4 Å². The van der Waals surface area contributed by atoms with Crippen molar-refractivity contribution in [2.45, 2.75) is 149 Å². The molecule has 0 rings (SSSR count). The van der Waals surface area contributed by atoms with Crippen LogP contribution in [-0.4, -0.2) is 34.2 Å². The Balaban J connectivity index is -0.000000584. The summed E-state index contributed by atoms with van der Waals surface area (Å²) in [4.78, 5) is 20.5. The Morgan fingerprint density at radius 1 is 0.316 bits per heavy atom. The Labute approximate surface area is 731 Å². The zero-order chi connectivity index (χ0) is 69.5. The van der Waals surface area contributed by atoms with Crippen LogP contribution in [0.1, 0.15) is 137 Å². The van der Waals surface area contributed by atoms with Gasteiger partial charge in [0.25, 0.3) is 0 Å². The average molecular weight is 2390 g/mol. The lowest BCUT2D eigenvalue weighted by molar-refractivity contribution is -0.118. The van der Waals surface area contributed by atoms with Gasteiger partial charge in [-0.3, -0.25) is 9.59 Å². The molecule has 0 heterocycles. The maximum Gasteiger partial charge on any atom is 0.217 e. The van der Waals surface area contributed by atoms with E-state index in [1.165, 1.54) is 56.3 Å². The van der Waals surface area contributed by atoms with Gasteiger partial charge >= 0.3 is 0 Å². The van der Waals surface area contributed by atoms with Crippen LogP contribution in [0.4, 0.5) is 0 Å². The largest absolute Gasteiger partial charge is 0.393 e. The Morgan fingerprint density at radius 3 is 0.716 bits per heavy atom. The Morgan fingerprint density at radius 2 is 0.526 bits per heavy atom. The molecule has 0 saturated carbocycles. The van der Waals surface area contributed by atoms with Crippen molar-refractivity contribution in [2.75, 3.05) is 0 Å². The van der Waals surface area contributed by atoms with Gasteiger partial charge in [-0.15, -0.1) is 13.2 Å². The predicted octanol–water partition coefficient (Wildman–Crippen LogP) is 7.14. The molecule has 0 spiro atoms. The summed E-state index contributed by atoms with van der Waals surface area (Å²) in [6.07, 6.45) is 24.6. The van der Waals surface area contributed by atoms with Crippen LogP contribution >= 0.6 is 0 Å². The maximum atomic E-state index is 10.5. The second kappa shape index (κ2) is 111. The first kappa shape index (κ1) is 114. The molecule has 0 aliphatic carbocycles. The van der Waals surface area contributed by atoms with Gasteiger partial charge < -0.3 is 21.7 Å². The lowest BCUT2D eigenvalue weighted by Gasteiger charge is -2.06. The number of primary amides is 2. The van der Waals surface area contributed by atoms with Crippen LogP contribution in [0.3, 0.4) is 0 Å². The number of allylic oxidation sites excluding steroid dienone is 2. The molecule has 64 heteroatoms. The van der Waals surface area contributed by atoms with Gasteiger partial charge in [0.05, 0.1) is 12.2 Å². The molecule has 0 unspecified atom stereocenters. The number of rotatable bonds is 22. The molecule has 0 fully saturated rings. The van der Waals surface area contributed by atoms with Crippen LogP contribution in [0, 0.1) is 0 Å². The summed E-state index contributed by atoms with van der Waals surface area (Å²) in [6, 6.07) is 0. The first-order valence-corrected chi connectivity index (χ1v) is 99.5. The number of carbonyl (C=O) groups excluding carboxylic acids is 2. The number of carbonyl (C=O) groups is 2. The number of aliphatic hydroxyl groups excluding tert-OH is 2. The van der Waals surface area contributed by atoms with Gasteiger partial charge in [0.2, 0.25) is 11.8 Å². The predicted molar refractivity (Wildman–Crippen MR) is 588 cm³/mol. The van der Waals surface area contributed by atoms with Crippen LogP contribution in [0.5, 0.6) is 0 Å². The van der Waals surface area contributed by atoms with Crippen molar-refractivity contribution in [2.24, 2.45) is 11.5 Å². The van der Waals surface area contributed by atoms with Crippen molar-refractivity contribution in [1.82, 2.24) is 0 Å². The average Bonchev–Trinajstić information content (AvgIpc) is 3.56. The molecule has 0 aromatic heterocycles. The zero-order valence-electron chi connectivity index (χ0n) is 47.2. The van der Waals surface area contributed by atoms with E-state index in [0.717, 1.165) is 64.2 Å². The first-order chi connectivity index (χ1) is 46.2. The highest BCUT2D eigenvalue weighted by atomic mass is 33.5. The molecule has 0 radical (unpaired) electrons. The molecule has 568 valence electrons. The third kappa shape index (κ3) is 123. The summed E-state index contributed by atoms with van der Waals surface area (Å²) >= 11 is 9.63. The number of unbranched alkanes of at least 4 members (excludes halogenated alkanes) is 8. The van der Waals surface area contributed by atoms with Gasteiger partial charge in [0, 0.05) is 533 Å². The topological polar surface area (TPSA) is 127 Å². The molecule has 6 N–H and O–H groups in total. The summed E-state index contributed by atoms with van der Waals surface area (Å²) < 4.78 is 0. The summed E-state index contributed by atoms with van der Waals surface area (Å²) in [5.41, 5.74) is 9.89. The summed E-state index contributed by atoms with van der Waals surface area (Å²) in [5, 5.41) is 18.9. The normalized spacial score (nSPS) is 9.31. The number of hydrogen-bond donors (Lipinski definition) is 4. The van der Waals surface area contributed by atoms with Crippen molar-refractivity contribution in [3.05, 3.63) is 37.5 Å². The van der Waals surface area contributed by atoms with E-state index in [1.54, 1.807) is 119 Å². The highest BCUT2D eigenvalue weighted by Gasteiger charge is 2.01. The summed E-state index contributed by atoms with van der Waals surface area (Å²) in [7, 11) is 100. The first-order valence-electron chi connectivity index (χ1n) is 23.5. The quantitative estimate of drug-likeness (QED) is 0.0676. The standard InChI is InChI=1S/C14H27NO2.C10H20O.C6H11NO.CH4.S58/c1-2-3-4-7-10-13(16)11-8-5-6-9-12-14(15)17;1-3-5-6-7-9-10(11)8-4-2;1-2-3-4-5-6(7)8;;1-3-5-7-9-11-13-15-17-19-21-23-25-27-29-31-33-35-37-39-41-43-45-47-49-51-53-55-57-58-56-54-52-50-48-46-44-42-40-38-36-34-32-30-28-26-24-22-20-18-16-14-12-10-8-6-4-2/h5,8,13,16H,2-4,6-7,9-12H2,1H3,(H2,15,17);4,10-11H,2-3,5-9H2,1H3;2H,1,3-5H2,(H2,7,8);1H4;/b8-5+;;;;/t13-;10-;;;/m10.../s1. The number of amides is 2. The van der Waals surface area contributed by atoms with Gasteiger partial charge in [0.15, 0.2) is 0 Å². The minimum absolute atomic E-state index is 0. The van der Waals surface area contributed by atoms with E-state index in [9.17, 15) is 19.8 Å². The Bertz CT molecular complexity index is 4860. The van der Waals surface area contributed by atoms with Crippen LogP contribution in [0.2, 0.25) is 0 Å². The second-order valence-corrected chi connectivity index (χ2v) is 112. The monoisotopic (exact) mass is 2380 g/mol. The Hall–Kier alpha value is 10.8. The molecular weight excluding hydrogens is 2320 g/mol. The fourth-order valence-electron chi connectivity index (χ4n) is 3.84. The zero-order valence-corrected chi connectivity index (χ0v) is 94.5. The van der Waals surface area contributed by atoms with Crippen molar-refractivity contribution in [3.63, 3.8) is 0 Å². The fraction of sp³-hybridized carbons (Fsp3) is 0.742. The molecule has 2 atom stereocenters. The minimum Gasteiger partial charge on any atom is -0.393 e. The Kier molecular flexibility index (Phi) is 134. The van der Waals surface area contributed by atoms with E-state index in [1.807, 2.05) is 385 Å². The highest BCUT2D eigenvalue weighted by molar-refractivity contribution is 8.83. The third-order valence-corrected chi connectivity index (χ3v) is 129. The van der Waals surface area contributed by atoms with Crippen LogP contribution in [-0.2, 0) is 529 Å². The van der Waals surface area contributed by atoms with E-state index >= 15 is 0 Å². The molecule has 2 amide bonds. The number of aliphatic hydroxyl groups is 2. The van der Waals surface area contributed by atoms with E-state index in [4.69, 9.17) is 33.8 Å². The van der Waals surface area contributed by atoms with Crippen molar-refractivity contribution in [3.8, 4) is 0 Å². The van der Waals surface area contributed by atoms with Crippen LogP contribution in [0.25, 0.3) is 0 Å². The van der Waals surface area contributed by atoms with Gasteiger partial charge in [-0.1, -0.05) is 96.9 Å². The van der Waals surface area contributed by atoms with Gasteiger partial charge in [0.1, 0.15) is 0 Å². The third-order valence-electron chi connectivity index (χ3n) is 6.95. The maximum absolute atomic E-state index is 10.5. The van der Waals surface area contributed by atoms with E-state index < -0.39 is 0 Å². The van der Waals surface area contributed by atoms with Gasteiger partial charge in [-0.25, -0.2) is 0 Å². The number of hydrogen-bond acceptors (Lipinski definition) is 6. The highest BCUT2D eigenvalue weighted by Crippen LogP contribution is 2.09. The molecule has 0 bridgehead atoms. The summed E-state index contributed by atoms with van der Waals surface area (Å²) in [5.74, 6) is -0.471. The van der Waals surface area contributed by atoms with Crippen molar-refractivity contribution in [1.29, 1.82) is 0 Å². The van der Waals surface area contributed by atoms with Gasteiger partial charge in [-0.05, 0) is 51.4 Å². The van der Waals surface area contributed by atoms with Crippen LogP contribution in [0.15, 0.2) is 37.5 Å². The molecule has 0 aliphatic heterocycles. The minimum atomic E-state index is -0.241. The van der Waals surface area contributed by atoms with Crippen molar-refractivity contribution >= 4 is 531 Å². The fourth-order valence-corrected chi connectivity index (χ4v) is 152. The van der Waals surface area contributed by atoms with Crippen molar-refractivity contribution < 1.29 is 19.8 Å². The molecule has 0 aromatic rings. The van der Waals surface area contributed by atoms with Crippen LogP contribution < -0.4 is 11.5 Å². The number of nitrogens with two attached hydrogens (primary N) is 2. The molecule has 6 nitrogen and oxygen atoms in total. The summed E-state index contributed by atoms with van der Waals surface area (Å²) in [6.45, 7) is 11.5. The molecule has 0 saturated heterocycles.